The molecular weight excluding hydrogens is 244 g/mol. The maximum absolute atomic E-state index is 11.5. The summed E-state index contributed by atoms with van der Waals surface area (Å²) in [5, 5.41) is 15.0. The quantitative estimate of drug-likeness (QED) is 0.740. The number of carbonyl (C=O) groups is 1. The molecule has 0 saturated carbocycles. The fourth-order valence-corrected chi connectivity index (χ4v) is 1.34. The van der Waals surface area contributed by atoms with Crippen LogP contribution in [0.5, 0.6) is 5.75 Å². The molecule has 0 aromatic heterocycles. The van der Waals surface area contributed by atoms with Gasteiger partial charge in [0.2, 0.25) is 0 Å². The first-order chi connectivity index (χ1) is 8.90. The summed E-state index contributed by atoms with van der Waals surface area (Å²) in [4.78, 5) is 11.5. The third kappa shape index (κ3) is 6.67. The van der Waals surface area contributed by atoms with Crippen molar-refractivity contribution in [1.29, 1.82) is 0 Å². The van der Waals surface area contributed by atoms with Crippen molar-refractivity contribution in [3.63, 3.8) is 0 Å². The van der Waals surface area contributed by atoms with Gasteiger partial charge in [-0.3, -0.25) is 0 Å². The molecule has 106 valence electrons. The Kier molecular flexibility index (Phi) is 5.63. The number of nitrogens with one attached hydrogen (secondary N) is 2. The summed E-state index contributed by atoms with van der Waals surface area (Å²) in [6.45, 7) is 6.17. The molecule has 0 aliphatic carbocycles. The molecule has 3 N–H and O–H groups in total. The van der Waals surface area contributed by atoms with Crippen molar-refractivity contribution in [2.75, 3.05) is 18.5 Å². The molecular formula is C14H22N2O3. The minimum Gasteiger partial charge on any atom is -0.491 e. The molecule has 1 aromatic carbocycles. The predicted octanol–water partition coefficient (Wildman–Crippen LogP) is 2.37. The van der Waals surface area contributed by atoms with Crippen molar-refractivity contribution in [2.45, 2.75) is 32.8 Å². The summed E-state index contributed by atoms with van der Waals surface area (Å²) in [6.07, 6.45) is 0.891. The van der Waals surface area contributed by atoms with E-state index in [9.17, 15) is 9.90 Å². The number of aliphatic hydroxyl groups is 1. The van der Waals surface area contributed by atoms with Crippen LogP contribution >= 0.6 is 0 Å². The Morgan fingerprint density at radius 3 is 2.79 bits per heavy atom. The van der Waals surface area contributed by atoms with Crippen LogP contribution in [0, 0.1) is 0 Å². The molecule has 0 aliphatic heterocycles. The van der Waals surface area contributed by atoms with E-state index in [4.69, 9.17) is 4.74 Å². The molecule has 0 atom stereocenters. The van der Waals surface area contributed by atoms with Crippen molar-refractivity contribution in [3.8, 4) is 5.75 Å². The van der Waals surface area contributed by atoms with E-state index in [2.05, 4.69) is 10.6 Å². The zero-order valence-electron chi connectivity index (χ0n) is 11.7. The molecule has 0 radical (unpaired) electrons. The lowest BCUT2D eigenvalue weighted by Gasteiger charge is -2.18. The highest BCUT2D eigenvalue weighted by atomic mass is 16.5. The number of anilines is 1. The Labute approximate surface area is 114 Å². The lowest BCUT2D eigenvalue weighted by atomic mass is 10.2. The van der Waals surface area contributed by atoms with Crippen LogP contribution in [0.15, 0.2) is 24.3 Å². The van der Waals surface area contributed by atoms with E-state index in [1.165, 1.54) is 0 Å². The van der Waals surface area contributed by atoms with Crippen molar-refractivity contribution in [2.24, 2.45) is 0 Å². The maximum Gasteiger partial charge on any atom is 0.319 e. The van der Waals surface area contributed by atoms with Gasteiger partial charge in [0, 0.05) is 18.3 Å². The molecule has 0 aliphatic rings. The van der Waals surface area contributed by atoms with Crippen LogP contribution in [0.4, 0.5) is 10.5 Å². The molecule has 1 aromatic rings. The van der Waals surface area contributed by atoms with E-state index in [1.54, 1.807) is 38.1 Å². The van der Waals surface area contributed by atoms with Crippen molar-refractivity contribution >= 4 is 11.7 Å². The van der Waals surface area contributed by atoms with Crippen LogP contribution < -0.4 is 15.4 Å². The number of hydrogen-bond acceptors (Lipinski definition) is 3. The van der Waals surface area contributed by atoms with Gasteiger partial charge in [-0.2, -0.15) is 0 Å². The maximum atomic E-state index is 11.5. The number of amides is 2. The fraction of sp³-hybridized carbons (Fsp3) is 0.500. The van der Waals surface area contributed by atoms with Crippen LogP contribution in [0.2, 0.25) is 0 Å². The Morgan fingerprint density at radius 1 is 1.42 bits per heavy atom. The van der Waals surface area contributed by atoms with E-state index < -0.39 is 5.60 Å². The van der Waals surface area contributed by atoms with E-state index >= 15 is 0 Å². The van der Waals surface area contributed by atoms with Gasteiger partial charge in [0.05, 0.1) is 5.60 Å². The average molecular weight is 266 g/mol. The molecule has 2 amide bonds. The average Bonchev–Trinajstić information content (AvgIpc) is 2.33. The van der Waals surface area contributed by atoms with Gasteiger partial charge >= 0.3 is 6.03 Å². The Hall–Kier alpha value is -1.75. The van der Waals surface area contributed by atoms with E-state index in [0.29, 0.717) is 18.0 Å². The van der Waals surface area contributed by atoms with Gasteiger partial charge in [0.25, 0.3) is 0 Å². The van der Waals surface area contributed by atoms with Gasteiger partial charge in [-0.15, -0.1) is 0 Å². The van der Waals surface area contributed by atoms with Crippen LogP contribution in [-0.4, -0.2) is 29.9 Å². The number of benzene rings is 1. The smallest absolute Gasteiger partial charge is 0.319 e. The van der Waals surface area contributed by atoms with Gasteiger partial charge in [0.1, 0.15) is 12.4 Å². The lowest BCUT2D eigenvalue weighted by molar-refractivity contribution is 0.0285. The first-order valence-corrected chi connectivity index (χ1v) is 6.41. The second-order valence-electron chi connectivity index (χ2n) is 5.01. The summed E-state index contributed by atoms with van der Waals surface area (Å²) in [7, 11) is 0. The van der Waals surface area contributed by atoms with Crippen LogP contribution in [0.1, 0.15) is 27.2 Å². The first-order valence-electron chi connectivity index (χ1n) is 6.41. The van der Waals surface area contributed by atoms with Gasteiger partial charge in [-0.05, 0) is 32.4 Å². The Balaban J connectivity index is 2.54. The Morgan fingerprint density at radius 2 is 2.16 bits per heavy atom. The monoisotopic (exact) mass is 266 g/mol. The van der Waals surface area contributed by atoms with Gasteiger partial charge in [0.15, 0.2) is 0 Å². The normalized spacial score (nSPS) is 10.9. The lowest BCUT2D eigenvalue weighted by Crippen LogP contribution is -2.29. The molecule has 0 heterocycles. The van der Waals surface area contributed by atoms with Crippen LogP contribution in [-0.2, 0) is 0 Å². The highest BCUT2D eigenvalue weighted by Gasteiger charge is 2.13. The number of urea groups is 1. The van der Waals surface area contributed by atoms with Crippen LogP contribution in [0.3, 0.4) is 0 Å². The van der Waals surface area contributed by atoms with Gasteiger partial charge < -0.3 is 20.5 Å². The summed E-state index contributed by atoms with van der Waals surface area (Å²) in [6, 6.07) is 6.83. The van der Waals surface area contributed by atoms with Crippen LogP contribution in [0.25, 0.3) is 0 Å². The number of ether oxygens (including phenoxy) is 1. The minimum absolute atomic E-state index is 0.193. The third-order valence-corrected chi connectivity index (χ3v) is 2.22. The summed E-state index contributed by atoms with van der Waals surface area (Å²) in [5.41, 5.74) is -0.232. The van der Waals surface area contributed by atoms with E-state index in [-0.39, 0.29) is 12.6 Å². The topological polar surface area (TPSA) is 70.6 Å². The van der Waals surface area contributed by atoms with Gasteiger partial charge in [-0.25, -0.2) is 4.79 Å². The standard InChI is InChI=1S/C14H22N2O3/c1-4-8-15-13(17)16-11-6-5-7-12(9-11)19-10-14(2,3)18/h5-7,9,18H,4,8,10H2,1-3H3,(H2,15,16,17). The largest absolute Gasteiger partial charge is 0.491 e. The number of hydrogen-bond donors (Lipinski definition) is 3. The molecule has 0 spiro atoms. The zero-order valence-corrected chi connectivity index (χ0v) is 11.7. The third-order valence-electron chi connectivity index (χ3n) is 2.22. The first kappa shape index (κ1) is 15.3. The number of rotatable bonds is 6. The summed E-state index contributed by atoms with van der Waals surface area (Å²) < 4.78 is 5.45. The zero-order chi connectivity index (χ0) is 14.3. The SMILES string of the molecule is CCCNC(=O)Nc1cccc(OCC(C)(C)O)c1. The van der Waals surface area contributed by atoms with Crippen molar-refractivity contribution < 1.29 is 14.6 Å². The second-order valence-corrected chi connectivity index (χ2v) is 5.01. The molecule has 5 heteroatoms. The molecule has 5 nitrogen and oxygen atoms in total. The Bertz CT molecular complexity index is 413. The summed E-state index contributed by atoms with van der Waals surface area (Å²) in [5.74, 6) is 0.607. The van der Waals surface area contributed by atoms with Gasteiger partial charge in [-0.1, -0.05) is 13.0 Å². The highest BCUT2D eigenvalue weighted by molar-refractivity contribution is 5.89. The molecule has 1 rings (SSSR count). The molecule has 0 fully saturated rings. The highest BCUT2D eigenvalue weighted by Crippen LogP contribution is 2.18. The second kappa shape index (κ2) is 6.99. The molecule has 0 saturated heterocycles. The number of carbonyl (C=O) groups excluding carboxylic acids is 1. The minimum atomic E-state index is -0.887. The van der Waals surface area contributed by atoms with E-state index in [0.717, 1.165) is 6.42 Å². The summed E-state index contributed by atoms with van der Waals surface area (Å²) >= 11 is 0. The molecule has 19 heavy (non-hydrogen) atoms. The molecule has 0 bridgehead atoms. The van der Waals surface area contributed by atoms with Crippen molar-refractivity contribution in [1.82, 2.24) is 5.32 Å². The predicted molar refractivity (Wildman–Crippen MR) is 75.5 cm³/mol. The van der Waals surface area contributed by atoms with E-state index in [1.807, 2.05) is 6.92 Å². The molecule has 0 unspecified atom stereocenters. The fourth-order valence-electron chi connectivity index (χ4n) is 1.34. The van der Waals surface area contributed by atoms with Crippen molar-refractivity contribution in [3.05, 3.63) is 24.3 Å².